The molecule has 0 bridgehead atoms. The van der Waals surface area contributed by atoms with Crippen LogP contribution in [0.25, 0.3) is 11.1 Å². The second kappa shape index (κ2) is 13.9. The summed E-state index contributed by atoms with van der Waals surface area (Å²) >= 11 is 0. The number of aliphatic hydroxyl groups excluding tert-OH is 1. The maximum absolute atomic E-state index is 14.2. The fourth-order valence-electron chi connectivity index (χ4n) is 4.99. The number of nitrogens with one attached hydrogen (secondary N) is 2. The maximum Gasteiger partial charge on any atom is 0.266 e. The standard InChI is InChI=1S/C35H34FN3O4/c1-2-21-35(34(41)39-37-24-29-11-6-7-12-31(29)36)32(27-15-13-26(14-16-27)25-9-4-3-5-10-25)43-33(38-35)28-17-19-30(20-18-28)42-23-8-22-40/h2-7,9-20,32,37,40H,1,8,21-24H2,(H,39,41)/t32-,35-/m0/s1. The summed E-state index contributed by atoms with van der Waals surface area (Å²) in [5.74, 6) is 0.163. The first-order valence-electron chi connectivity index (χ1n) is 14.2. The zero-order valence-corrected chi connectivity index (χ0v) is 23.7. The number of carbonyl (C=O) groups excluding carboxylic acids is 1. The molecule has 1 amide bonds. The molecule has 0 unspecified atom stereocenters. The molecule has 0 spiro atoms. The molecule has 1 aliphatic heterocycles. The predicted molar refractivity (Wildman–Crippen MR) is 165 cm³/mol. The number of benzene rings is 4. The minimum Gasteiger partial charge on any atom is -0.494 e. The lowest BCUT2D eigenvalue weighted by Gasteiger charge is -2.29. The highest BCUT2D eigenvalue weighted by Gasteiger charge is 2.52. The summed E-state index contributed by atoms with van der Waals surface area (Å²) in [6.45, 7) is 4.45. The SMILES string of the molecule is C=CC[C@]1(C(=O)NNCc2ccccc2F)N=C(c2ccc(OCCCO)cc2)O[C@H]1c1ccc(-c2ccccc2)cc1. The van der Waals surface area contributed by atoms with Gasteiger partial charge in [0.1, 0.15) is 11.6 Å². The minimum atomic E-state index is -1.39. The molecule has 1 aliphatic rings. The smallest absolute Gasteiger partial charge is 0.266 e. The summed E-state index contributed by atoms with van der Waals surface area (Å²) in [6, 6.07) is 31.5. The summed E-state index contributed by atoms with van der Waals surface area (Å²) in [7, 11) is 0. The van der Waals surface area contributed by atoms with Crippen molar-refractivity contribution in [1.82, 2.24) is 10.9 Å². The molecule has 0 radical (unpaired) electrons. The lowest BCUT2D eigenvalue weighted by atomic mass is 9.84. The quantitative estimate of drug-likeness (QED) is 0.104. The number of ether oxygens (including phenoxy) is 2. The molecular formula is C35H34FN3O4. The average Bonchev–Trinajstić information content (AvgIpc) is 3.43. The van der Waals surface area contributed by atoms with Crippen LogP contribution in [0.1, 0.15) is 35.6 Å². The molecule has 0 saturated carbocycles. The van der Waals surface area contributed by atoms with Crippen LogP contribution in [0.15, 0.2) is 121 Å². The molecule has 1 heterocycles. The van der Waals surface area contributed by atoms with Crippen LogP contribution in [0.4, 0.5) is 4.39 Å². The summed E-state index contributed by atoms with van der Waals surface area (Å²) < 4.78 is 26.3. The van der Waals surface area contributed by atoms with Crippen LogP contribution in [-0.4, -0.2) is 35.7 Å². The lowest BCUT2D eigenvalue weighted by Crippen LogP contribution is -2.52. The molecule has 3 N–H and O–H groups in total. The Kier molecular flexibility index (Phi) is 9.61. The molecule has 7 nitrogen and oxygen atoms in total. The molecular weight excluding hydrogens is 545 g/mol. The number of hydrazine groups is 1. The molecule has 0 saturated heterocycles. The van der Waals surface area contributed by atoms with Gasteiger partial charge in [0.15, 0.2) is 11.6 Å². The number of halogens is 1. The molecule has 8 heteroatoms. The van der Waals surface area contributed by atoms with Gasteiger partial charge in [-0.05, 0) is 47.0 Å². The van der Waals surface area contributed by atoms with E-state index in [2.05, 4.69) is 17.4 Å². The van der Waals surface area contributed by atoms with E-state index in [1.54, 1.807) is 36.4 Å². The monoisotopic (exact) mass is 579 g/mol. The van der Waals surface area contributed by atoms with Gasteiger partial charge in [-0.2, -0.15) is 0 Å². The molecule has 4 aromatic rings. The highest BCUT2D eigenvalue weighted by atomic mass is 19.1. The Balaban J connectivity index is 1.44. The van der Waals surface area contributed by atoms with Gasteiger partial charge in [-0.25, -0.2) is 14.8 Å². The third-order valence-electron chi connectivity index (χ3n) is 7.24. The van der Waals surface area contributed by atoms with Gasteiger partial charge in [-0.3, -0.25) is 10.2 Å². The van der Waals surface area contributed by atoms with Crippen LogP contribution in [-0.2, 0) is 16.1 Å². The Hall–Kier alpha value is -4.79. The number of aliphatic hydroxyl groups is 1. The summed E-state index contributed by atoms with van der Waals surface area (Å²) in [6.07, 6.45) is 1.61. The van der Waals surface area contributed by atoms with Crippen LogP contribution in [0.2, 0.25) is 0 Å². The highest BCUT2D eigenvalue weighted by molar-refractivity contribution is 6.01. The predicted octanol–water partition coefficient (Wildman–Crippen LogP) is 5.91. The zero-order valence-electron chi connectivity index (χ0n) is 23.7. The van der Waals surface area contributed by atoms with E-state index in [1.807, 2.05) is 66.7 Å². The van der Waals surface area contributed by atoms with Gasteiger partial charge in [-0.15, -0.1) is 6.58 Å². The topological polar surface area (TPSA) is 92.2 Å². The normalized spacial score (nSPS) is 17.5. The van der Waals surface area contributed by atoms with Crippen LogP contribution in [0, 0.1) is 5.82 Å². The van der Waals surface area contributed by atoms with Crippen molar-refractivity contribution >= 4 is 11.8 Å². The first-order valence-corrected chi connectivity index (χ1v) is 14.2. The number of hydrogen-bond acceptors (Lipinski definition) is 6. The largest absolute Gasteiger partial charge is 0.494 e. The molecule has 0 aliphatic carbocycles. The Labute approximate surface area is 250 Å². The van der Waals surface area contributed by atoms with Gasteiger partial charge in [0.2, 0.25) is 5.90 Å². The van der Waals surface area contributed by atoms with Crippen LogP contribution in [0.5, 0.6) is 5.75 Å². The molecule has 43 heavy (non-hydrogen) atoms. The number of amides is 1. The second-order valence-corrected chi connectivity index (χ2v) is 10.2. The number of rotatable bonds is 13. The average molecular weight is 580 g/mol. The van der Waals surface area contributed by atoms with E-state index in [9.17, 15) is 9.18 Å². The highest BCUT2D eigenvalue weighted by Crippen LogP contribution is 2.43. The molecule has 0 fully saturated rings. The van der Waals surface area contributed by atoms with Crippen molar-refractivity contribution in [3.8, 4) is 16.9 Å². The number of aliphatic imine (C=N–C) groups is 1. The number of nitrogens with zero attached hydrogens (tertiary/aromatic N) is 1. The van der Waals surface area contributed by atoms with Gasteiger partial charge < -0.3 is 14.6 Å². The third-order valence-corrected chi connectivity index (χ3v) is 7.24. The molecule has 0 aromatic heterocycles. The van der Waals surface area contributed by atoms with E-state index in [0.717, 1.165) is 16.7 Å². The zero-order chi connectivity index (χ0) is 30.1. The van der Waals surface area contributed by atoms with Crippen molar-refractivity contribution in [2.24, 2.45) is 4.99 Å². The Morgan fingerprint density at radius 3 is 2.33 bits per heavy atom. The first kappa shape index (κ1) is 29.7. The van der Waals surface area contributed by atoms with E-state index in [4.69, 9.17) is 19.6 Å². The van der Waals surface area contributed by atoms with E-state index < -0.39 is 17.6 Å². The summed E-state index contributed by atoms with van der Waals surface area (Å²) in [5.41, 5.74) is 8.19. The molecule has 5 rings (SSSR count). The van der Waals surface area contributed by atoms with Gasteiger partial charge in [0.05, 0.1) is 6.61 Å². The Morgan fingerprint density at radius 2 is 1.63 bits per heavy atom. The maximum atomic E-state index is 14.2. The second-order valence-electron chi connectivity index (χ2n) is 10.2. The van der Waals surface area contributed by atoms with Crippen molar-refractivity contribution < 1.29 is 23.8 Å². The minimum absolute atomic E-state index is 0.0546. The van der Waals surface area contributed by atoms with E-state index in [0.29, 0.717) is 35.8 Å². The van der Waals surface area contributed by atoms with Crippen LogP contribution in [0.3, 0.4) is 0 Å². The van der Waals surface area contributed by atoms with Gasteiger partial charge in [-0.1, -0.05) is 78.9 Å². The van der Waals surface area contributed by atoms with E-state index in [1.165, 1.54) is 6.07 Å². The molecule has 4 aromatic carbocycles. The Morgan fingerprint density at radius 1 is 0.953 bits per heavy atom. The van der Waals surface area contributed by atoms with Gasteiger partial charge in [0, 0.05) is 37.1 Å². The third kappa shape index (κ3) is 6.83. The van der Waals surface area contributed by atoms with E-state index in [-0.39, 0.29) is 25.4 Å². The summed E-state index contributed by atoms with van der Waals surface area (Å²) in [4.78, 5) is 18.8. The van der Waals surface area contributed by atoms with Crippen molar-refractivity contribution in [3.05, 3.63) is 138 Å². The molecule has 220 valence electrons. The first-order chi connectivity index (χ1) is 21.0. The van der Waals surface area contributed by atoms with Crippen molar-refractivity contribution in [1.29, 1.82) is 0 Å². The van der Waals surface area contributed by atoms with Crippen LogP contribution >= 0.6 is 0 Å². The van der Waals surface area contributed by atoms with Crippen molar-refractivity contribution in [2.75, 3.05) is 13.2 Å². The Bertz CT molecular complexity index is 1560. The fourth-order valence-corrected chi connectivity index (χ4v) is 4.99. The van der Waals surface area contributed by atoms with E-state index >= 15 is 0 Å². The summed E-state index contributed by atoms with van der Waals surface area (Å²) in [5, 5.41) is 9.01. The van der Waals surface area contributed by atoms with Crippen molar-refractivity contribution in [2.45, 2.75) is 31.0 Å². The molecule has 2 atom stereocenters. The van der Waals surface area contributed by atoms with Crippen LogP contribution < -0.4 is 15.6 Å². The number of carbonyl (C=O) groups is 1. The van der Waals surface area contributed by atoms with Gasteiger partial charge in [0.25, 0.3) is 5.91 Å². The lowest BCUT2D eigenvalue weighted by molar-refractivity contribution is -0.129. The number of hydrogen-bond donors (Lipinski definition) is 3. The fraction of sp³-hybridized carbons (Fsp3) is 0.200. The van der Waals surface area contributed by atoms with Gasteiger partial charge >= 0.3 is 0 Å². The van der Waals surface area contributed by atoms with Crippen molar-refractivity contribution in [3.63, 3.8) is 0 Å².